The van der Waals surface area contributed by atoms with E-state index < -0.39 is 6.04 Å². The van der Waals surface area contributed by atoms with Gasteiger partial charge in [0.05, 0.1) is 12.1 Å². The zero-order valence-corrected chi connectivity index (χ0v) is 18.3. The Morgan fingerprint density at radius 1 is 1.15 bits per heavy atom. The third kappa shape index (κ3) is 4.93. The summed E-state index contributed by atoms with van der Waals surface area (Å²) in [5.41, 5.74) is 14.8. The van der Waals surface area contributed by atoms with Crippen molar-refractivity contribution < 1.29 is 14.3 Å². The molecule has 170 valence electrons. The highest BCUT2D eigenvalue weighted by Crippen LogP contribution is 2.21. The Kier molecular flexibility index (Phi) is 6.50. The summed E-state index contributed by atoms with van der Waals surface area (Å²) in [5, 5.41) is 0.771. The highest BCUT2D eigenvalue weighted by molar-refractivity contribution is 5.96. The lowest BCUT2D eigenvalue weighted by molar-refractivity contribution is -0.152. The minimum Gasteiger partial charge on any atom is -0.399 e. The number of methoxy groups -OCH3 is 1. The van der Waals surface area contributed by atoms with E-state index in [9.17, 15) is 9.59 Å². The summed E-state index contributed by atoms with van der Waals surface area (Å²) in [4.78, 5) is 37.7. The predicted octanol–water partition coefficient (Wildman–Crippen LogP) is 1.69. The van der Waals surface area contributed by atoms with Crippen LogP contribution in [0.15, 0.2) is 54.9 Å². The van der Waals surface area contributed by atoms with Crippen LogP contribution in [0.3, 0.4) is 0 Å². The van der Waals surface area contributed by atoms with E-state index in [1.54, 1.807) is 28.0 Å². The first kappa shape index (κ1) is 22.2. The summed E-state index contributed by atoms with van der Waals surface area (Å²) < 4.78 is 5.27. The van der Waals surface area contributed by atoms with E-state index in [4.69, 9.17) is 16.2 Å². The maximum absolute atomic E-state index is 13.2. The van der Waals surface area contributed by atoms with Crippen LogP contribution in [0.25, 0.3) is 17.0 Å². The average Bonchev–Trinajstić information content (AvgIpc) is 2.81. The van der Waals surface area contributed by atoms with E-state index in [2.05, 4.69) is 9.97 Å². The number of fused-ring (bicyclic) bond motifs is 1. The van der Waals surface area contributed by atoms with Crippen LogP contribution < -0.4 is 11.5 Å². The Bertz CT molecular complexity index is 1190. The molecule has 1 aliphatic rings. The van der Waals surface area contributed by atoms with Gasteiger partial charge in [0, 0.05) is 43.9 Å². The van der Waals surface area contributed by atoms with E-state index in [0.717, 1.165) is 22.0 Å². The SMILES string of the molecule is COCC1C(=O)N(Cc2ccc3c(N)ncnc3c2)CCN1C(=O)/C=C/c1ccc(N)cc1. The fourth-order valence-electron chi connectivity index (χ4n) is 3.89. The van der Waals surface area contributed by atoms with E-state index in [1.165, 1.54) is 19.5 Å². The molecular weight excluding hydrogens is 420 g/mol. The number of carbonyl (C=O) groups is 2. The molecular formula is C24H26N6O3. The van der Waals surface area contributed by atoms with Crippen molar-refractivity contribution in [2.75, 3.05) is 38.3 Å². The second kappa shape index (κ2) is 9.66. The Morgan fingerprint density at radius 3 is 2.70 bits per heavy atom. The summed E-state index contributed by atoms with van der Waals surface area (Å²) in [7, 11) is 1.52. The number of hydrogen-bond acceptors (Lipinski definition) is 7. The Balaban J connectivity index is 1.48. The molecule has 0 saturated carbocycles. The van der Waals surface area contributed by atoms with Gasteiger partial charge >= 0.3 is 0 Å². The third-order valence-corrected chi connectivity index (χ3v) is 5.65. The molecule has 4 rings (SSSR count). The fourth-order valence-corrected chi connectivity index (χ4v) is 3.89. The first-order valence-corrected chi connectivity index (χ1v) is 10.6. The van der Waals surface area contributed by atoms with Crippen LogP contribution in [0.4, 0.5) is 11.5 Å². The lowest BCUT2D eigenvalue weighted by Gasteiger charge is -2.40. The number of nitrogen functional groups attached to an aromatic ring is 2. The van der Waals surface area contributed by atoms with Gasteiger partial charge in [-0.25, -0.2) is 9.97 Å². The van der Waals surface area contributed by atoms with Gasteiger partial charge in [0.1, 0.15) is 18.2 Å². The van der Waals surface area contributed by atoms with Crippen molar-refractivity contribution >= 4 is 40.3 Å². The average molecular weight is 447 g/mol. The van der Waals surface area contributed by atoms with Crippen molar-refractivity contribution in [3.8, 4) is 0 Å². The molecule has 9 nitrogen and oxygen atoms in total. The molecule has 1 aliphatic heterocycles. The minimum absolute atomic E-state index is 0.123. The second-order valence-electron chi connectivity index (χ2n) is 7.87. The molecule has 0 aliphatic carbocycles. The quantitative estimate of drug-likeness (QED) is 0.436. The maximum atomic E-state index is 13.2. The number of ether oxygens (including phenoxy) is 1. The van der Waals surface area contributed by atoms with Crippen LogP contribution in [0.5, 0.6) is 0 Å². The highest BCUT2D eigenvalue weighted by atomic mass is 16.5. The number of nitrogens with two attached hydrogens (primary N) is 2. The Labute approximate surface area is 191 Å². The molecule has 0 radical (unpaired) electrons. The molecule has 4 N–H and O–H groups in total. The molecule has 1 aromatic heterocycles. The third-order valence-electron chi connectivity index (χ3n) is 5.65. The number of anilines is 2. The first-order valence-electron chi connectivity index (χ1n) is 10.6. The van der Waals surface area contributed by atoms with Gasteiger partial charge < -0.3 is 26.0 Å². The monoisotopic (exact) mass is 446 g/mol. The number of benzene rings is 2. The van der Waals surface area contributed by atoms with Gasteiger partial charge in [-0.1, -0.05) is 18.2 Å². The molecule has 1 atom stereocenters. The molecule has 1 unspecified atom stereocenters. The molecule has 3 aromatic rings. The smallest absolute Gasteiger partial charge is 0.248 e. The van der Waals surface area contributed by atoms with Crippen molar-refractivity contribution in [3.05, 3.63) is 66.0 Å². The topological polar surface area (TPSA) is 128 Å². The van der Waals surface area contributed by atoms with Crippen molar-refractivity contribution in [1.29, 1.82) is 0 Å². The number of amides is 2. The van der Waals surface area contributed by atoms with Gasteiger partial charge in [0.25, 0.3) is 0 Å². The van der Waals surface area contributed by atoms with Gasteiger partial charge in [-0.15, -0.1) is 0 Å². The molecule has 2 amide bonds. The van der Waals surface area contributed by atoms with Crippen LogP contribution in [0.1, 0.15) is 11.1 Å². The molecule has 9 heteroatoms. The van der Waals surface area contributed by atoms with Gasteiger partial charge in [-0.05, 0) is 41.5 Å². The van der Waals surface area contributed by atoms with E-state index in [1.807, 2.05) is 30.3 Å². The molecule has 1 saturated heterocycles. The van der Waals surface area contributed by atoms with Gasteiger partial charge in [-0.3, -0.25) is 9.59 Å². The fraction of sp³-hybridized carbons (Fsp3) is 0.250. The summed E-state index contributed by atoms with van der Waals surface area (Å²) in [5.74, 6) is 0.0290. The van der Waals surface area contributed by atoms with Crippen LogP contribution in [-0.2, 0) is 20.9 Å². The van der Waals surface area contributed by atoms with Crippen LogP contribution >= 0.6 is 0 Å². The van der Waals surface area contributed by atoms with Crippen LogP contribution in [0.2, 0.25) is 0 Å². The van der Waals surface area contributed by atoms with Crippen LogP contribution in [0, 0.1) is 0 Å². The zero-order valence-electron chi connectivity index (χ0n) is 18.3. The first-order chi connectivity index (χ1) is 16.0. The Hall–Kier alpha value is -3.98. The molecule has 33 heavy (non-hydrogen) atoms. The number of piperazine rings is 1. The Morgan fingerprint density at radius 2 is 1.94 bits per heavy atom. The van der Waals surface area contributed by atoms with Crippen molar-refractivity contribution in [1.82, 2.24) is 19.8 Å². The molecule has 2 heterocycles. The molecule has 2 aromatic carbocycles. The normalized spacial score (nSPS) is 16.6. The van der Waals surface area contributed by atoms with Gasteiger partial charge in [-0.2, -0.15) is 0 Å². The molecule has 0 spiro atoms. The van der Waals surface area contributed by atoms with E-state index in [-0.39, 0.29) is 18.4 Å². The predicted molar refractivity (Wildman–Crippen MR) is 127 cm³/mol. The van der Waals surface area contributed by atoms with E-state index in [0.29, 0.717) is 31.1 Å². The van der Waals surface area contributed by atoms with Crippen molar-refractivity contribution in [3.63, 3.8) is 0 Å². The zero-order chi connectivity index (χ0) is 23.4. The number of aromatic nitrogens is 2. The number of nitrogens with zero attached hydrogens (tertiary/aromatic N) is 4. The highest BCUT2D eigenvalue weighted by Gasteiger charge is 2.36. The lowest BCUT2D eigenvalue weighted by Crippen LogP contribution is -2.59. The summed E-state index contributed by atoms with van der Waals surface area (Å²) >= 11 is 0. The summed E-state index contributed by atoms with van der Waals surface area (Å²) in [6, 6.07) is 12.2. The molecule has 1 fully saturated rings. The largest absolute Gasteiger partial charge is 0.399 e. The summed E-state index contributed by atoms with van der Waals surface area (Å²) in [6.45, 7) is 1.36. The number of carbonyl (C=O) groups excluding carboxylic acids is 2. The van der Waals surface area contributed by atoms with Gasteiger partial charge in [0.15, 0.2) is 0 Å². The minimum atomic E-state index is -0.689. The summed E-state index contributed by atoms with van der Waals surface area (Å²) in [6.07, 6.45) is 4.61. The second-order valence-corrected chi connectivity index (χ2v) is 7.87. The lowest BCUT2D eigenvalue weighted by atomic mass is 10.1. The standard InChI is InChI=1S/C24H26N6O3/c1-33-14-21-24(32)29(13-17-4-8-19-20(12-17)27-15-28-23(19)26)10-11-30(21)22(31)9-5-16-2-6-18(25)7-3-16/h2-9,12,15,21H,10-11,13-14,25H2,1H3,(H2,26,27,28)/b9-5+. The number of hydrogen-bond donors (Lipinski definition) is 2. The van der Waals surface area contributed by atoms with Crippen molar-refractivity contribution in [2.24, 2.45) is 0 Å². The van der Waals surface area contributed by atoms with Crippen molar-refractivity contribution in [2.45, 2.75) is 12.6 Å². The maximum Gasteiger partial charge on any atom is 0.248 e. The van der Waals surface area contributed by atoms with Crippen LogP contribution in [-0.4, -0.2) is 64.4 Å². The van der Waals surface area contributed by atoms with E-state index >= 15 is 0 Å². The van der Waals surface area contributed by atoms with Gasteiger partial charge in [0.2, 0.25) is 11.8 Å². The number of rotatable bonds is 6. The molecule has 0 bridgehead atoms.